The summed E-state index contributed by atoms with van der Waals surface area (Å²) < 4.78 is 0. The molecule has 18 heavy (non-hydrogen) atoms. The Kier molecular flexibility index (Phi) is 2.88. The predicted molar refractivity (Wildman–Crippen MR) is 65.3 cm³/mol. The van der Waals surface area contributed by atoms with Crippen molar-refractivity contribution in [1.82, 2.24) is 0 Å². The van der Waals surface area contributed by atoms with Gasteiger partial charge >= 0.3 is 6.41 Å². The van der Waals surface area contributed by atoms with Crippen LogP contribution in [0.5, 0.6) is 0 Å². The van der Waals surface area contributed by atoms with Crippen molar-refractivity contribution >= 4 is 23.8 Å². The maximum absolute atomic E-state index is 11.4. The van der Waals surface area contributed by atoms with E-state index >= 15 is 0 Å². The van der Waals surface area contributed by atoms with Gasteiger partial charge in [0.1, 0.15) is 11.5 Å². The van der Waals surface area contributed by atoms with Gasteiger partial charge in [0.25, 0.3) is 5.91 Å². The summed E-state index contributed by atoms with van der Waals surface area (Å²) in [5.74, 6) is -0.495. The van der Waals surface area contributed by atoms with Crippen LogP contribution in [0.15, 0.2) is 24.3 Å². The van der Waals surface area contributed by atoms with Crippen molar-refractivity contribution in [2.45, 2.75) is 18.4 Å². The topological polar surface area (TPSA) is 114 Å². The fraction of sp³-hybridized carbons (Fsp3) is 0.250. The number of rotatable bonds is 5. The summed E-state index contributed by atoms with van der Waals surface area (Å²) in [6.07, 6.45) is 1.93. The molecule has 0 aliphatic heterocycles. The molecular weight excluding hydrogens is 232 g/mol. The van der Waals surface area contributed by atoms with E-state index in [0.29, 0.717) is 35.4 Å². The zero-order chi connectivity index (χ0) is 13.3. The molecular formula is C12H15N4O2+. The number of amides is 2. The Morgan fingerprint density at radius 3 is 2.17 bits per heavy atom. The van der Waals surface area contributed by atoms with Crippen LogP contribution in [-0.2, 0) is 9.59 Å². The molecule has 6 nitrogen and oxygen atoms in total. The van der Waals surface area contributed by atoms with Crippen molar-refractivity contribution in [3.8, 4) is 0 Å². The van der Waals surface area contributed by atoms with E-state index in [0.717, 1.165) is 0 Å². The number of nitrogens with two attached hydrogens (primary N) is 2. The summed E-state index contributed by atoms with van der Waals surface area (Å²) in [6.45, 7) is 0. The highest BCUT2D eigenvalue weighted by atomic mass is 16.2. The Bertz CT molecular complexity index is 505. The summed E-state index contributed by atoms with van der Waals surface area (Å²) in [7, 11) is 0. The van der Waals surface area contributed by atoms with Crippen LogP contribution < -0.4 is 16.4 Å². The fourth-order valence-electron chi connectivity index (χ4n) is 2.06. The minimum atomic E-state index is -0.792. The number of carbonyl (C=O) groups excluding carboxylic acids is 2. The lowest BCUT2D eigenvalue weighted by molar-refractivity contribution is -0.770. The van der Waals surface area contributed by atoms with E-state index < -0.39 is 11.4 Å². The van der Waals surface area contributed by atoms with Gasteiger partial charge in [-0.05, 0) is 12.1 Å². The molecule has 1 saturated carbocycles. The summed E-state index contributed by atoms with van der Waals surface area (Å²) in [6, 6.07) is 6.67. The number of carbonyl (C=O) groups is 2. The Morgan fingerprint density at radius 2 is 1.83 bits per heavy atom. The molecule has 0 radical (unpaired) electrons. The van der Waals surface area contributed by atoms with Crippen LogP contribution in [0, 0.1) is 5.41 Å². The van der Waals surface area contributed by atoms with Gasteiger partial charge in [-0.25, -0.2) is 9.69 Å². The third kappa shape index (κ3) is 1.86. The second-order valence-corrected chi connectivity index (χ2v) is 4.47. The highest BCUT2D eigenvalue weighted by molar-refractivity contribution is 5.95. The number of quaternary nitrogens is 1. The molecule has 1 aromatic carbocycles. The van der Waals surface area contributed by atoms with E-state index in [4.69, 9.17) is 16.9 Å². The van der Waals surface area contributed by atoms with Crippen molar-refractivity contribution in [2.75, 3.05) is 0 Å². The molecule has 1 unspecified atom stereocenters. The molecule has 0 heterocycles. The summed E-state index contributed by atoms with van der Waals surface area (Å²) in [4.78, 5) is 23.0. The average molecular weight is 247 g/mol. The van der Waals surface area contributed by atoms with Gasteiger partial charge in [-0.1, -0.05) is 0 Å². The molecule has 6 N–H and O–H groups in total. The molecule has 1 aromatic rings. The van der Waals surface area contributed by atoms with Crippen LogP contribution in [0.4, 0.5) is 5.69 Å². The van der Waals surface area contributed by atoms with E-state index in [9.17, 15) is 9.59 Å². The summed E-state index contributed by atoms with van der Waals surface area (Å²) in [5.41, 5.74) is 11.1. The lowest BCUT2D eigenvalue weighted by Gasteiger charge is -2.19. The van der Waals surface area contributed by atoms with Crippen LogP contribution in [0.2, 0.25) is 0 Å². The fourth-order valence-corrected chi connectivity index (χ4v) is 2.06. The van der Waals surface area contributed by atoms with Gasteiger partial charge in [0.05, 0.1) is 0 Å². The Morgan fingerprint density at radius 1 is 1.28 bits per heavy atom. The van der Waals surface area contributed by atoms with Gasteiger partial charge < -0.3 is 11.5 Å². The third-order valence-electron chi connectivity index (χ3n) is 3.36. The normalized spacial score (nSPS) is 17.8. The molecule has 0 aromatic heterocycles. The minimum absolute atomic E-state index is 0.0368. The molecule has 0 saturated heterocycles. The smallest absolute Gasteiger partial charge is 0.305 e. The van der Waals surface area contributed by atoms with Crippen molar-refractivity contribution in [3.05, 3.63) is 29.8 Å². The third-order valence-corrected chi connectivity index (χ3v) is 3.36. The largest absolute Gasteiger partial charge is 0.384 e. The van der Waals surface area contributed by atoms with Crippen molar-refractivity contribution < 1.29 is 14.5 Å². The first-order chi connectivity index (χ1) is 8.51. The first-order valence-electron chi connectivity index (χ1n) is 5.58. The van der Waals surface area contributed by atoms with Crippen LogP contribution in [0.25, 0.3) is 0 Å². The number of hydrogen-bond donors (Lipinski definition) is 4. The van der Waals surface area contributed by atoms with Gasteiger partial charge in [-0.2, -0.15) is 0 Å². The molecule has 2 amide bonds. The van der Waals surface area contributed by atoms with E-state index in [1.807, 2.05) is 0 Å². The van der Waals surface area contributed by atoms with E-state index in [1.54, 1.807) is 24.3 Å². The molecule has 0 spiro atoms. The maximum Gasteiger partial charge on any atom is 0.305 e. The van der Waals surface area contributed by atoms with Gasteiger partial charge in [-0.15, -0.1) is 0 Å². The predicted octanol–water partition coefficient (Wildman–Crippen LogP) is -1.34. The zero-order valence-electron chi connectivity index (χ0n) is 9.77. The summed E-state index contributed by atoms with van der Waals surface area (Å²) in [5, 5.41) is 7.29. The van der Waals surface area contributed by atoms with E-state index in [2.05, 4.69) is 0 Å². The standard InChI is InChI=1S/C12H14N4O2/c13-10(14)8-1-3-9(4-2-8)16(7-17)12(5-6-12)11(15)18/h1-4,7H,5-6H2,(H3,13,14)(H2,15,18)/p+1. The lowest BCUT2D eigenvalue weighted by Crippen LogP contribution is -3.13. The van der Waals surface area contributed by atoms with Gasteiger partial charge in [0.2, 0.25) is 0 Å². The van der Waals surface area contributed by atoms with Gasteiger partial charge in [0.15, 0.2) is 5.54 Å². The van der Waals surface area contributed by atoms with Crippen LogP contribution in [0.3, 0.4) is 0 Å². The van der Waals surface area contributed by atoms with Crippen molar-refractivity contribution in [1.29, 1.82) is 5.41 Å². The monoisotopic (exact) mass is 247 g/mol. The maximum atomic E-state index is 11.4. The molecule has 1 aliphatic rings. The van der Waals surface area contributed by atoms with Crippen molar-refractivity contribution in [2.24, 2.45) is 11.5 Å². The Balaban J connectivity index is 2.32. The Hall–Kier alpha value is -2.21. The number of hydrogen-bond acceptors (Lipinski definition) is 3. The first-order valence-corrected chi connectivity index (χ1v) is 5.58. The summed E-state index contributed by atoms with van der Waals surface area (Å²) >= 11 is 0. The minimum Gasteiger partial charge on any atom is -0.384 e. The number of nitrogens with one attached hydrogen (secondary N) is 2. The number of nitrogen functional groups attached to an aromatic ring is 1. The number of primary amides is 1. The lowest BCUT2D eigenvalue weighted by atomic mass is 10.1. The SMILES string of the molecule is N=C(N)c1ccc([NH+](C=O)C2(C(N)=O)CC2)cc1. The van der Waals surface area contributed by atoms with E-state index in [1.165, 1.54) is 0 Å². The van der Waals surface area contributed by atoms with Gasteiger partial charge in [0, 0.05) is 30.5 Å². The number of benzene rings is 1. The molecule has 1 aliphatic carbocycles. The first kappa shape index (κ1) is 12.3. The average Bonchev–Trinajstić information content (AvgIpc) is 3.12. The second kappa shape index (κ2) is 4.23. The van der Waals surface area contributed by atoms with Crippen molar-refractivity contribution in [3.63, 3.8) is 0 Å². The molecule has 94 valence electrons. The quantitative estimate of drug-likeness (QED) is 0.293. The second-order valence-electron chi connectivity index (χ2n) is 4.47. The van der Waals surface area contributed by atoms with E-state index in [-0.39, 0.29) is 5.84 Å². The molecule has 0 bridgehead atoms. The number of amidine groups is 1. The van der Waals surface area contributed by atoms with Crippen LogP contribution >= 0.6 is 0 Å². The Labute approximate surface area is 104 Å². The highest BCUT2D eigenvalue weighted by Gasteiger charge is 2.59. The highest BCUT2D eigenvalue weighted by Crippen LogP contribution is 2.32. The molecule has 6 heteroatoms. The molecule has 2 rings (SSSR count). The zero-order valence-corrected chi connectivity index (χ0v) is 9.77. The van der Waals surface area contributed by atoms with Crippen LogP contribution in [0.1, 0.15) is 18.4 Å². The van der Waals surface area contributed by atoms with Gasteiger partial charge in [-0.3, -0.25) is 10.2 Å². The molecule has 1 atom stereocenters. The van der Waals surface area contributed by atoms with Crippen LogP contribution in [-0.4, -0.2) is 23.7 Å². The molecule has 1 fully saturated rings.